The van der Waals surface area contributed by atoms with Crippen LogP contribution in [0.4, 0.5) is 0 Å². The minimum absolute atomic E-state index is 0.229. The van der Waals surface area contributed by atoms with Crippen LogP contribution >= 0.6 is 22.9 Å². The Morgan fingerprint density at radius 3 is 2.60 bits per heavy atom. The predicted molar refractivity (Wildman–Crippen MR) is 101 cm³/mol. The minimum Gasteiger partial charge on any atom is -0.496 e. The molecule has 126 valence electrons. The monoisotopic (exact) mass is 371 g/mol. The summed E-state index contributed by atoms with van der Waals surface area (Å²) in [6.07, 6.45) is 3.16. The average Bonchev–Trinajstić information content (AvgIpc) is 2.96. The fourth-order valence-corrected chi connectivity index (χ4v) is 3.29. The van der Waals surface area contributed by atoms with Gasteiger partial charge in [-0.25, -0.2) is 0 Å². The van der Waals surface area contributed by atoms with Crippen molar-refractivity contribution >= 4 is 40.9 Å². The number of ether oxygens (including phenoxy) is 1. The van der Waals surface area contributed by atoms with Gasteiger partial charge >= 0.3 is 0 Å². The summed E-state index contributed by atoms with van der Waals surface area (Å²) in [5.74, 6) is 0.267. The van der Waals surface area contributed by atoms with Crippen molar-refractivity contribution in [2.75, 3.05) is 7.11 Å². The van der Waals surface area contributed by atoms with Crippen LogP contribution in [-0.4, -0.2) is 17.9 Å². The fourth-order valence-electron chi connectivity index (χ4n) is 2.28. The lowest BCUT2D eigenvalue weighted by Crippen LogP contribution is -2.20. The molecule has 0 atom stereocenters. The molecular weight excluding hydrogens is 358 g/mol. The summed E-state index contributed by atoms with van der Waals surface area (Å²) >= 11 is 7.08. The molecule has 0 radical (unpaired) electrons. The second-order valence-electron chi connectivity index (χ2n) is 5.19. The molecule has 0 saturated heterocycles. The minimum atomic E-state index is -0.237. The highest BCUT2D eigenvalue weighted by molar-refractivity contribution is 7.07. The number of hydrogen-bond donors (Lipinski definition) is 1. The molecule has 2 aromatic carbocycles. The lowest BCUT2D eigenvalue weighted by atomic mass is 10.1. The van der Waals surface area contributed by atoms with E-state index in [1.807, 2.05) is 12.1 Å². The molecule has 0 spiro atoms. The van der Waals surface area contributed by atoms with Crippen LogP contribution in [0.2, 0.25) is 5.02 Å². The van der Waals surface area contributed by atoms with Crippen LogP contribution in [0.3, 0.4) is 0 Å². The van der Waals surface area contributed by atoms with E-state index in [4.69, 9.17) is 16.3 Å². The third-order valence-electron chi connectivity index (χ3n) is 3.48. The Balaban J connectivity index is 1.99. The summed E-state index contributed by atoms with van der Waals surface area (Å²) in [5.41, 5.74) is 1.07. The highest BCUT2D eigenvalue weighted by atomic mass is 35.5. The molecule has 25 heavy (non-hydrogen) atoms. The number of benzene rings is 2. The van der Waals surface area contributed by atoms with Gasteiger partial charge in [0.25, 0.3) is 5.56 Å². The van der Waals surface area contributed by atoms with Gasteiger partial charge in [-0.3, -0.25) is 9.59 Å². The van der Waals surface area contributed by atoms with Crippen LogP contribution in [0.15, 0.2) is 53.3 Å². The van der Waals surface area contributed by atoms with Gasteiger partial charge in [0, 0.05) is 11.1 Å². The second-order valence-corrected chi connectivity index (χ2v) is 6.71. The van der Waals surface area contributed by atoms with Crippen molar-refractivity contribution in [1.29, 1.82) is 0 Å². The van der Waals surface area contributed by atoms with Crippen molar-refractivity contribution in [3.8, 4) is 5.75 Å². The molecule has 0 aliphatic carbocycles. The van der Waals surface area contributed by atoms with E-state index >= 15 is 0 Å². The number of rotatable bonds is 4. The van der Waals surface area contributed by atoms with Gasteiger partial charge in [-0.2, -0.15) is 0 Å². The van der Waals surface area contributed by atoms with E-state index in [1.165, 1.54) is 24.5 Å². The Morgan fingerprint density at radius 2 is 1.88 bits per heavy atom. The number of H-pyrrole nitrogens is 1. The number of Topliss-reactive ketones (excluding diaryl/α,β-unsaturated/α-hetero) is 1. The quantitative estimate of drug-likeness (QED) is 0.717. The zero-order valence-corrected chi connectivity index (χ0v) is 14.9. The first-order valence-corrected chi connectivity index (χ1v) is 8.62. The number of para-hydroxylation sites is 1. The summed E-state index contributed by atoms with van der Waals surface area (Å²) in [7, 11) is 1.51. The van der Waals surface area contributed by atoms with Crippen LogP contribution in [0.25, 0.3) is 12.2 Å². The molecular formula is C19H14ClNO3S. The Labute approximate surface area is 152 Å². The molecule has 4 nitrogen and oxygen atoms in total. The van der Waals surface area contributed by atoms with E-state index in [-0.39, 0.29) is 11.3 Å². The number of nitrogens with one attached hydrogen (secondary N) is 1. The topological polar surface area (TPSA) is 59.2 Å². The molecule has 6 heteroatoms. The lowest BCUT2D eigenvalue weighted by molar-refractivity contribution is 0.105. The van der Waals surface area contributed by atoms with E-state index in [2.05, 4.69) is 4.98 Å². The van der Waals surface area contributed by atoms with Crippen molar-refractivity contribution in [3.05, 3.63) is 84.2 Å². The van der Waals surface area contributed by atoms with Crippen LogP contribution in [0, 0.1) is 0 Å². The molecule has 3 rings (SSSR count). The lowest BCUT2D eigenvalue weighted by Gasteiger charge is -2.03. The molecule has 1 aromatic heterocycles. The molecule has 3 aromatic rings. The van der Waals surface area contributed by atoms with Crippen molar-refractivity contribution in [2.45, 2.75) is 0 Å². The third-order valence-corrected chi connectivity index (χ3v) is 4.70. The molecule has 0 amide bonds. The van der Waals surface area contributed by atoms with Gasteiger partial charge in [0.2, 0.25) is 0 Å². The Bertz CT molecular complexity index is 1080. The van der Waals surface area contributed by atoms with Gasteiger partial charge < -0.3 is 9.72 Å². The summed E-state index contributed by atoms with van der Waals surface area (Å²) in [5, 5.41) is 0.633. The zero-order valence-electron chi connectivity index (χ0n) is 13.3. The molecule has 0 aliphatic rings. The van der Waals surface area contributed by atoms with Gasteiger partial charge in [-0.15, -0.1) is 11.3 Å². The largest absolute Gasteiger partial charge is 0.496 e. The van der Waals surface area contributed by atoms with Gasteiger partial charge in [0.1, 0.15) is 5.75 Å². The molecule has 1 heterocycles. The summed E-state index contributed by atoms with van der Waals surface area (Å²) in [6.45, 7) is 0. The molecule has 0 unspecified atom stereocenters. The third kappa shape index (κ3) is 4.07. The summed E-state index contributed by atoms with van der Waals surface area (Å²) in [4.78, 5) is 27.2. The van der Waals surface area contributed by atoms with E-state index in [1.54, 1.807) is 42.5 Å². The Hall–Kier alpha value is -2.63. The Kier molecular flexibility index (Phi) is 5.16. The molecule has 1 N–H and O–H groups in total. The number of aromatic nitrogens is 1. The predicted octanol–water partition coefficient (Wildman–Crippen LogP) is 2.59. The number of thiazole rings is 1. The molecule has 0 bridgehead atoms. The first-order chi connectivity index (χ1) is 12.1. The van der Waals surface area contributed by atoms with Crippen LogP contribution in [-0.2, 0) is 0 Å². The summed E-state index contributed by atoms with van der Waals surface area (Å²) < 4.78 is 6.20. The number of hydrogen-bond acceptors (Lipinski definition) is 4. The normalized spacial score (nSPS) is 12.4. The van der Waals surface area contributed by atoms with Gasteiger partial charge in [0.05, 0.1) is 21.9 Å². The highest BCUT2D eigenvalue weighted by Gasteiger charge is 2.09. The van der Waals surface area contributed by atoms with E-state index in [9.17, 15) is 9.59 Å². The number of carbonyl (C=O) groups excluding carboxylic acids is 1. The number of halogens is 1. The maximum Gasteiger partial charge on any atom is 0.266 e. The van der Waals surface area contributed by atoms with Gasteiger partial charge in [0.15, 0.2) is 5.78 Å². The van der Waals surface area contributed by atoms with Crippen LogP contribution in [0.5, 0.6) is 5.75 Å². The standard InChI is InChI=1S/C19H14ClNO3S/c1-24-16-5-3-2-4-14(16)15(22)11-18-21-19(23)17(25-18)10-12-6-8-13(20)9-7-12/h2-11H,1H3,(H,21,23)/b17-10+,18-11+. The Morgan fingerprint density at radius 1 is 1.16 bits per heavy atom. The number of ketones is 1. The van der Waals surface area contributed by atoms with E-state index in [0.29, 0.717) is 25.5 Å². The highest BCUT2D eigenvalue weighted by Crippen LogP contribution is 2.18. The molecule has 0 fully saturated rings. The SMILES string of the molecule is COc1ccccc1C(=O)/C=c1\[nH]c(=O)/c(=C\c2ccc(Cl)cc2)s1. The van der Waals surface area contributed by atoms with Gasteiger partial charge in [-0.1, -0.05) is 35.9 Å². The van der Waals surface area contributed by atoms with E-state index in [0.717, 1.165) is 5.56 Å². The summed E-state index contributed by atoms with van der Waals surface area (Å²) in [6, 6.07) is 14.1. The van der Waals surface area contributed by atoms with Crippen LogP contribution in [0.1, 0.15) is 15.9 Å². The van der Waals surface area contributed by atoms with Crippen LogP contribution < -0.4 is 19.5 Å². The number of aromatic amines is 1. The fraction of sp³-hybridized carbons (Fsp3) is 0.0526. The van der Waals surface area contributed by atoms with Gasteiger partial charge in [-0.05, 0) is 35.9 Å². The van der Waals surface area contributed by atoms with Crippen molar-refractivity contribution in [2.24, 2.45) is 0 Å². The number of methoxy groups -OCH3 is 1. The second kappa shape index (κ2) is 7.51. The van der Waals surface area contributed by atoms with Crippen molar-refractivity contribution in [1.82, 2.24) is 4.98 Å². The first kappa shape index (κ1) is 17.2. The molecule has 0 saturated carbocycles. The van der Waals surface area contributed by atoms with Crippen molar-refractivity contribution in [3.63, 3.8) is 0 Å². The molecule has 0 aliphatic heterocycles. The first-order valence-electron chi connectivity index (χ1n) is 7.42. The maximum atomic E-state index is 12.4. The number of carbonyl (C=O) groups is 1. The zero-order chi connectivity index (χ0) is 17.8. The average molecular weight is 372 g/mol. The smallest absolute Gasteiger partial charge is 0.266 e. The van der Waals surface area contributed by atoms with E-state index < -0.39 is 0 Å². The van der Waals surface area contributed by atoms with Crippen molar-refractivity contribution < 1.29 is 9.53 Å². The maximum absolute atomic E-state index is 12.4.